The van der Waals surface area contributed by atoms with Crippen molar-refractivity contribution in [1.82, 2.24) is 9.88 Å². The van der Waals surface area contributed by atoms with Gasteiger partial charge >= 0.3 is 5.97 Å². The number of aromatic nitrogens is 1. The highest BCUT2D eigenvalue weighted by atomic mass is 127. The second kappa shape index (κ2) is 11.6. The number of hydrogen-bond donors (Lipinski definition) is 2. The summed E-state index contributed by atoms with van der Waals surface area (Å²) in [5, 5.41) is 13.7. The quantitative estimate of drug-likeness (QED) is 0.179. The van der Waals surface area contributed by atoms with Crippen molar-refractivity contribution in [3.63, 3.8) is 0 Å². The Morgan fingerprint density at radius 3 is 2.50 bits per heavy atom. The molecule has 1 saturated carbocycles. The lowest BCUT2D eigenvalue weighted by molar-refractivity contribution is -0.152. The molecular weight excluding hydrogens is 615 g/mol. The highest BCUT2D eigenvalue weighted by molar-refractivity contribution is 14.1. The van der Waals surface area contributed by atoms with Gasteiger partial charge in [0.2, 0.25) is 0 Å². The first-order chi connectivity index (χ1) is 19.1. The average Bonchev–Trinajstić information content (AvgIpc) is 3.14. The maximum absolute atomic E-state index is 13.2. The van der Waals surface area contributed by atoms with Gasteiger partial charge in [0.15, 0.2) is 5.60 Å². The van der Waals surface area contributed by atoms with Crippen LogP contribution in [0.15, 0.2) is 66.7 Å². The number of nitrogens with one attached hydrogen (secondary N) is 1. The molecule has 0 atom stereocenters. The molecule has 1 fully saturated rings. The van der Waals surface area contributed by atoms with Gasteiger partial charge in [0.1, 0.15) is 5.75 Å². The van der Waals surface area contributed by atoms with Gasteiger partial charge < -0.3 is 19.7 Å². The van der Waals surface area contributed by atoms with E-state index in [1.165, 1.54) is 30.5 Å². The minimum atomic E-state index is -1.32. The standard InChI is InChI=1S/C33H35IN2O4/c1-21-29(17-23-9-6-12-27(16-23)40-33(2,3)32(38)39)28-14-13-25(18-30(28)36(21)20-22-7-4-8-22)31(37)35-19-24-10-5-11-26(34)15-24/h5-6,9-16,18,22H,4,7-8,17,19-20H2,1-3H3,(H,35,37)(H,38,39). The lowest BCUT2D eigenvalue weighted by atomic mass is 9.85. The van der Waals surface area contributed by atoms with Crippen LogP contribution < -0.4 is 10.1 Å². The van der Waals surface area contributed by atoms with Crippen molar-refractivity contribution in [1.29, 1.82) is 0 Å². The Bertz CT molecular complexity index is 1570. The molecule has 0 unspecified atom stereocenters. The number of ether oxygens (including phenoxy) is 1. The van der Waals surface area contributed by atoms with Crippen LogP contribution >= 0.6 is 22.6 Å². The highest BCUT2D eigenvalue weighted by Crippen LogP contribution is 2.34. The van der Waals surface area contributed by atoms with E-state index < -0.39 is 11.6 Å². The minimum Gasteiger partial charge on any atom is -0.478 e. The van der Waals surface area contributed by atoms with E-state index in [1.807, 2.05) is 48.5 Å². The SMILES string of the molecule is Cc1c(Cc2cccc(OC(C)(C)C(=O)O)c2)c2ccc(C(=O)NCc3cccc(I)c3)cc2n1CC1CCC1. The molecule has 0 saturated heterocycles. The van der Waals surface area contributed by atoms with Crippen LogP contribution in [-0.2, 0) is 24.3 Å². The number of nitrogens with zero attached hydrogens (tertiary/aromatic N) is 1. The third-order valence-corrected chi connectivity index (χ3v) is 8.56. The van der Waals surface area contributed by atoms with E-state index >= 15 is 0 Å². The molecule has 2 N–H and O–H groups in total. The largest absolute Gasteiger partial charge is 0.478 e. The molecule has 208 valence electrons. The first kappa shape index (κ1) is 28.2. The van der Waals surface area contributed by atoms with Crippen LogP contribution in [0.4, 0.5) is 0 Å². The van der Waals surface area contributed by atoms with Crippen LogP contribution in [0.1, 0.15) is 65.9 Å². The first-order valence-electron chi connectivity index (χ1n) is 13.8. The van der Waals surface area contributed by atoms with Crippen LogP contribution in [0.2, 0.25) is 0 Å². The zero-order chi connectivity index (χ0) is 28.4. The summed E-state index contributed by atoms with van der Waals surface area (Å²) in [4.78, 5) is 24.7. The third kappa shape index (κ3) is 6.19. The number of carboxylic acids is 1. The molecule has 0 radical (unpaired) electrons. The predicted molar refractivity (Wildman–Crippen MR) is 166 cm³/mol. The summed E-state index contributed by atoms with van der Waals surface area (Å²) in [6.45, 7) is 6.70. The lowest BCUT2D eigenvalue weighted by Crippen LogP contribution is -2.37. The van der Waals surface area contributed by atoms with E-state index in [-0.39, 0.29) is 5.91 Å². The van der Waals surface area contributed by atoms with Crippen molar-refractivity contribution < 1.29 is 19.4 Å². The van der Waals surface area contributed by atoms with Crippen molar-refractivity contribution in [3.8, 4) is 5.75 Å². The van der Waals surface area contributed by atoms with Crippen LogP contribution in [0.3, 0.4) is 0 Å². The van der Waals surface area contributed by atoms with E-state index in [1.54, 1.807) is 19.9 Å². The number of fused-ring (bicyclic) bond motifs is 1. The number of amides is 1. The second-order valence-corrected chi connectivity index (χ2v) is 12.5. The smallest absolute Gasteiger partial charge is 0.347 e. The van der Waals surface area contributed by atoms with E-state index in [0.29, 0.717) is 30.2 Å². The Kier molecular flexibility index (Phi) is 8.21. The Labute approximate surface area is 248 Å². The van der Waals surface area contributed by atoms with Crippen LogP contribution in [0.5, 0.6) is 5.75 Å². The third-order valence-electron chi connectivity index (χ3n) is 7.89. The van der Waals surface area contributed by atoms with Crippen LogP contribution in [0.25, 0.3) is 10.9 Å². The summed E-state index contributed by atoms with van der Waals surface area (Å²) in [5.41, 5.74) is 4.97. The van der Waals surface area contributed by atoms with Crippen molar-refractivity contribution >= 4 is 45.4 Å². The van der Waals surface area contributed by atoms with Crippen molar-refractivity contribution in [2.45, 2.75) is 65.1 Å². The normalized spacial score (nSPS) is 13.7. The molecule has 0 spiro atoms. The molecule has 1 heterocycles. The molecule has 1 amide bonds. The molecule has 7 heteroatoms. The molecular formula is C33H35IN2O4. The summed E-state index contributed by atoms with van der Waals surface area (Å²) in [5.74, 6) is 0.108. The Morgan fingerprint density at radius 2 is 1.80 bits per heavy atom. The van der Waals surface area contributed by atoms with Crippen molar-refractivity contribution in [3.05, 3.63) is 98.2 Å². The number of aliphatic carboxylic acids is 1. The molecule has 0 aliphatic heterocycles. The fraction of sp³-hybridized carbons (Fsp3) is 0.333. The predicted octanol–water partition coefficient (Wildman–Crippen LogP) is 7.12. The maximum Gasteiger partial charge on any atom is 0.347 e. The van der Waals surface area contributed by atoms with Gasteiger partial charge in [0, 0.05) is 38.8 Å². The van der Waals surface area contributed by atoms with Gasteiger partial charge in [-0.2, -0.15) is 0 Å². The number of hydrogen-bond acceptors (Lipinski definition) is 3. The number of benzene rings is 3. The monoisotopic (exact) mass is 650 g/mol. The van der Waals surface area contributed by atoms with Gasteiger partial charge in [0.25, 0.3) is 5.91 Å². The molecule has 4 aromatic rings. The van der Waals surface area contributed by atoms with E-state index in [4.69, 9.17) is 4.74 Å². The van der Waals surface area contributed by atoms with Crippen LogP contribution in [-0.4, -0.2) is 27.2 Å². The zero-order valence-electron chi connectivity index (χ0n) is 23.2. The minimum absolute atomic E-state index is 0.0812. The molecule has 1 aliphatic carbocycles. The lowest BCUT2D eigenvalue weighted by Gasteiger charge is -2.27. The van der Waals surface area contributed by atoms with E-state index in [0.717, 1.165) is 32.1 Å². The average molecular weight is 651 g/mol. The van der Waals surface area contributed by atoms with Gasteiger partial charge in [-0.1, -0.05) is 36.8 Å². The topological polar surface area (TPSA) is 80.6 Å². The summed E-state index contributed by atoms with van der Waals surface area (Å²) in [6.07, 6.45) is 4.44. The van der Waals surface area contributed by atoms with E-state index in [9.17, 15) is 14.7 Å². The Morgan fingerprint density at radius 1 is 1.05 bits per heavy atom. The molecule has 0 bridgehead atoms. The number of rotatable bonds is 10. The van der Waals surface area contributed by atoms with Gasteiger partial charge in [0.05, 0.1) is 0 Å². The van der Waals surface area contributed by atoms with Crippen molar-refractivity contribution in [2.24, 2.45) is 5.92 Å². The molecule has 6 nitrogen and oxygen atoms in total. The Hall–Kier alpha value is -3.33. The van der Waals surface area contributed by atoms with Crippen LogP contribution in [0, 0.1) is 16.4 Å². The number of carbonyl (C=O) groups excluding carboxylic acids is 1. The maximum atomic E-state index is 13.2. The summed E-state index contributed by atoms with van der Waals surface area (Å²) in [7, 11) is 0. The summed E-state index contributed by atoms with van der Waals surface area (Å²) in [6, 6.07) is 21.8. The van der Waals surface area contributed by atoms with Gasteiger partial charge in [-0.05, 0) is 122 Å². The highest BCUT2D eigenvalue weighted by Gasteiger charge is 2.29. The van der Waals surface area contributed by atoms with Crippen molar-refractivity contribution in [2.75, 3.05) is 0 Å². The Balaban J connectivity index is 1.44. The fourth-order valence-corrected chi connectivity index (χ4v) is 5.88. The molecule has 3 aromatic carbocycles. The van der Waals surface area contributed by atoms with Gasteiger partial charge in [-0.3, -0.25) is 4.79 Å². The summed E-state index contributed by atoms with van der Waals surface area (Å²) < 4.78 is 9.32. The molecule has 1 aliphatic rings. The number of halogens is 1. The second-order valence-electron chi connectivity index (χ2n) is 11.3. The zero-order valence-corrected chi connectivity index (χ0v) is 25.3. The fourth-order valence-electron chi connectivity index (χ4n) is 5.27. The van der Waals surface area contributed by atoms with Gasteiger partial charge in [-0.25, -0.2) is 4.79 Å². The molecule has 40 heavy (non-hydrogen) atoms. The first-order valence-corrected chi connectivity index (χ1v) is 14.8. The molecule has 1 aromatic heterocycles. The summed E-state index contributed by atoms with van der Waals surface area (Å²) >= 11 is 2.28. The molecule has 5 rings (SSSR count). The number of carboxylic acid groups (broad SMARTS) is 1. The number of carbonyl (C=O) groups is 2. The van der Waals surface area contributed by atoms with Gasteiger partial charge in [-0.15, -0.1) is 0 Å². The van der Waals surface area contributed by atoms with E-state index in [2.05, 4.69) is 51.5 Å².